The maximum absolute atomic E-state index is 5.28. The highest BCUT2D eigenvalue weighted by Crippen LogP contribution is 2.26. The third kappa shape index (κ3) is 3.12. The molecule has 0 fully saturated rings. The Morgan fingerprint density at radius 1 is 1.12 bits per heavy atom. The van der Waals surface area contributed by atoms with E-state index in [9.17, 15) is 0 Å². The first-order chi connectivity index (χ1) is 11.8. The highest BCUT2D eigenvalue weighted by molar-refractivity contribution is 7.09. The van der Waals surface area contributed by atoms with E-state index in [-0.39, 0.29) is 0 Å². The second kappa shape index (κ2) is 6.61. The molecular formula is C19H19N3OS. The first-order valence-corrected chi connectivity index (χ1v) is 8.86. The van der Waals surface area contributed by atoms with E-state index >= 15 is 0 Å². The topological polar surface area (TPSA) is 38.2 Å². The molecule has 0 N–H and O–H groups in total. The summed E-state index contributed by atoms with van der Waals surface area (Å²) in [4.78, 5) is 7.08. The van der Waals surface area contributed by atoms with Gasteiger partial charge in [-0.1, -0.05) is 36.4 Å². The average molecular weight is 337 g/mol. The van der Waals surface area contributed by atoms with Gasteiger partial charge in [-0.05, 0) is 35.2 Å². The van der Waals surface area contributed by atoms with Gasteiger partial charge in [0.2, 0.25) is 5.13 Å². The number of hydrogen-bond acceptors (Lipinski definition) is 5. The van der Waals surface area contributed by atoms with E-state index in [4.69, 9.17) is 9.72 Å². The Kier molecular flexibility index (Phi) is 4.17. The minimum absolute atomic E-state index is 0.734. The van der Waals surface area contributed by atoms with E-state index < -0.39 is 0 Å². The quantitative estimate of drug-likeness (QED) is 0.727. The smallest absolute Gasteiger partial charge is 0.205 e. The summed E-state index contributed by atoms with van der Waals surface area (Å²) >= 11 is 1.49. The maximum Gasteiger partial charge on any atom is 0.205 e. The van der Waals surface area contributed by atoms with Crippen molar-refractivity contribution in [3.63, 3.8) is 0 Å². The number of rotatable bonds is 4. The third-order valence-electron chi connectivity index (χ3n) is 4.35. The molecule has 0 saturated heterocycles. The molecule has 0 unspecified atom stereocenters. The largest absolute Gasteiger partial charge is 0.497 e. The molecule has 0 atom stereocenters. The molecule has 0 bridgehead atoms. The predicted octanol–water partition coefficient (Wildman–Crippen LogP) is 3.70. The van der Waals surface area contributed by atoms with Crippen LogP contribution in [-0.2, 0) is 19.4 Å². The van der Waals surface area contributed by atoms with Gasteiger partial charge in [-0.25, -0.2) is 4.98 Å². The molecule has 1 aromatic heterocycles. The van der Waals surface area contributed by atoms with Crippen LogP contribution in [0.15, 0.2) is 48.5 Å². The summed E-state index contributed by atoms with van der Waals surface area (Å²) in [5, 5.41) is 1.02. The normalized spacial score (nSPS) is 13.6. The van der Waals surface area contributed by atoms with Crippen molar-refractivity contribution in [1.29, 1.82) is 0 Å². The summed E-state index contributed by atoms with van der Waals surface area (Å²) in [7, 11) is 1.69. The standard InChI is InChI=1S/C19H19N3OS/c1-23-17-8-4-5-14(11-17)12-18-20-19(24-21-18)22-10-9-15-6-2-3-7-16(15)13-22/h2-8,11H,9-10,12-13H2,1H3. The number of ether oxygens (including phenoxy) is 1. The molecule has 0 aliphatic carbocycles. The van der Waals surface area contributed by atoms with Crippen LogP contribution < -0.4 is 9.64 Å². The number of hydrogen-bond donors (Lipinski definition) is 0. The monoisotopic (exact) mass is 337 g/mol. The number of aromatic nitrogens is 2. The molecule has 122 valence electrons. The summed E-state index contributed by atoms with van der Waals surface area (Å²) in [6, 6.07) is 16.7. The molecule has 4 rings (SSSR count). The third-order valence-corrected chi connectivity index (χ3v) is 5.17. The first-order valence-electron chi connectivity index (χ1n) is 8.09. The lowest BCUT2D eigenvalue weighted by molar-refractivity contribution is 0.414. The number of nitrogens with zero attached hydrogens (tertiary/aromatic N) is 3. The fourth-order valence-corrected chi connectivity index (χ4v) is 3.78. The van der Waals surface area contributed by atoms with E-state index in [2.05, 4.69) is 39.6 Å². The number of benzene rings is 2. The Balaban J connectivity index is 1.49. The summed E-state index contributed by atoms with van der Waals surface area (Å²) in [5.41, 5.74) is 4.02. The Hall–Kier alpha value is -2.40. The molecule has 0 saturated carbocycles. The molecule has 4 nitrogen and oxygen atoms in total. The van der Waals surface area contributed by atoms with Gasteiger partial charge in [-0.15, -0.1) is 0 Å². The number of methoxy groups -OCH3 is 1. The van der Waals surface area contributed by atoms with Gasteiger partial charge in [0.1, 0.15) is 11.6 Å². The fourth-order valence-electron chi connectivity index (χ4n) is 3.07. The van der Waals surface area contributed by atoms with Crippen molar-refractivity contribution in [3.05, 3.63) is 71.0 Å². The van der Waals surface area contributed by atoms with Crippen molar-refractivity contribution in [3.8, 4) is 5.75 Å². The van der Waals surface area contributed by atoms with E-state index in [1.807, 2.05) is 18.2 Å². The van der Waals surface area contributed by atoms with Crippen molar-refractivity contribution >= 4 is 16.7 Å². The molecule has 2 heterocycles. The lowest BCUT2D eigenvalue weighted by Gasteiger charge is -2.27. The van der Waals surface area contributed by atoms with Crippen LogP contribution in [0.1, 0.15) is 22.5 Å². The van der Waals surface area contributed by atoms with Crippen LogP contribution in [0.4, 0.5) is 5.13 Å². The molecule has 0 spiro atoms. The summed E-state index contributed by atoms with van der Waals surface area (Å²) in [5.74, 6) is 1.75. The summed E-state index contributed by atoms with van der Waals surface area (Å²) < 4.78 is 9.83. The highest BCUT2D eigenvalue weighted by Gasteiger charge is 2.19. The molecule has 5 heteroatoms. The molecular weight excluding hydrogens is 318 g/mol. The van der Waals surface area contributed by atoms with Crippen LogP contribution in [0.3, 0.4) is 0 Å². The van der Waals surface area contributed by atoms with E-state index in [1.54, 1.807) is 7.11 Å². The van der Waals surface area contributed by atoms with Gasteiger partial charge < -0.3 is 9.64 Å². The van der Waals surface area contributed by atoms with Crippen molar-refractivity contribution in [2.45, 2.75) is 19.4 Å². The second-order valence-electron chi connectivity index (χ2n) is 5.96. The second-order valence-corrected chi connectivity index (χ2v) is 6.69. The van der Waals surface area contributed by atoms with Crippen LogP contribution in [0.25, 0.3) is 0 Å². The Morgan fingerprint density at radius 3 is 2.88 bits per heavy atom. The Morgan fingerprint density at radius 2 is 2.00 bits per heavy atom. The predicted molar refractivity (Wildman–Crippen MR) is 96.9 cm³/mol. The zero-order valence-electron chi connectivity index (χ0n) is 13.6. The first kappa shape index (κ1) is 15.1. The van der Waals surface area contributed by atoms with Gasteiger partial charge in [0.15, 0.2) is 0 Å². The molecule has 1 aliphatic rings. The van der Waals surface area contributed by atoms with E-state index in [0.29, 0.717) is 0 Å². The highest BCUT2D eigenvalue weighted by atomic mass is 32.1. The number of fused-ring (bicyclic) bond motifs is 1. The van der Waals surface area contributed by atoms with Crippen LogP contribution in [0.5, 0.6) is 5.75 Å². The zero-order chi connectivity index (χ0) is 16.4. The molecule has 3 aromatic rings. The summed E-state index contributed by atoms with van der Waals surface area (Å²) in [6.07, 6.45) is 1.80. The van der Waals surface area contributed by atoms with Gasteiger partial charge in [-0.2, -0.15) is 4.37 Å². The Bertz CT molecular complexity index is 846. The molecule has 0 amide bonds. The van der Waals surface area contributed by atoms with Gasteiger partial charge in [0.25, 0.3) is 0 Å². The van der Waals surface area contributed by atoms with Gasteiger partial charge in [0, 0.05) is 31.0 Å². The molecule has 0 radical (unpaired) electrons. The molecule has 2 aromatic carbocycles. The van der Waals surface area contributed by atoms with Crippen molar-refractivity contribution in [2.24, 2.45) is 0 Å². The Labute approximate surface area is 145 Å². The van der Waals surface area contributed by atoms with Crippen LogP contribution in [0.2, 0.25) is 0 Å². The lowest BCUT2D eigenvalue weighted by atomic mass is 10.0. The van der Waals surface area contributed by atoms with E-state index in [1.165, 1.54) is 28.2 Å². The van der Waals surface area contributed by atoms with Crippen molar-refractivity contribution in [2.75, 3.05) is 18.6 Å². The zero-order valence-corrected chi connectivity index (χ0v) is 14.4. The lowest BCUT2D eigenvalue weighted by Crippen LogP contribution is -2.30. The van der Waals surface area contributed by atoms with Gasteiger partial charge in [0.05, 0.1) is 7.11 Å². The number of anilines is 1. The fraction of sp³-hybridized carbons (Fsp3) is 0.263. The SMILES string of the molecule is COc1cccc(Cc2nsc(N3CCc4ccccc4C3)n2)c1. The minimum atomic E-state index is 0.734. The van der Waals surface area contributed by atoms with Gasteiger partial charge >= 0.3 is 0 Å². The maximum atomic E-state index is 5.28. The van der Waals surface area contributed by atoms with Crippen LogP contribution in [0, 0.1) is 0 Å². The van der Waals surface area contributed by atoms with Crippen LogP contribution >= 0.6 is 11.5 Å². The van der Waals surface area contributed by atoms with Crippen LogP contribution in [-0.4, -0.2) is 23.0 Å². The van der Waals surface area contributed by atoms with E-state index in [0.717, 1.165) is 42.6 Å². The van der Waals surface area contributed by atoms with Gasteiger partial charge in [-0.3, -0.25) is 0 Å². The van der Waals surface area contributed by atoms with Crippen molar-refractivity contribution < 1.29 is 4.74 Å². The minimum Gasteiger partial charge on any atom is -0.497 e. The molecule has 24 heavy (non-hydrogen) atoms. The summed E-state index contributed by atoms with van der Waals surface area (Å²) in [6.45, 7) is 1.93. The van der Waals surface area contributed by atoms with Crippen molar-refractivity contribution in [1.82, 2.24) is 9.36 Å². The average Bonchev–Trinajstić information content (AvgIpc) is 3.10. The molecule has 1 aliphatic heterocycles.